The minimum atomic E-state index is -3.03. The molecule has 1 aromatic carbocycles. The summed E-state index contributed by atoms with van der Waals surface area (Å²) in [6, 6.07) is 5.91. The van der Waals surface area contributed by atoms with Crippen LogP contribution in [0.3, 0.4) is 0 Å². The highest BCUT2D eigenvalue weighted by Crippen LogP contribution is 2.39. The summed E-state index contributed by atoms with van der Waals surface area (Å²) >= 11 is 0. The third kappa shape index (κ3) is 4.87. The van der Waals surface area contributed by atoms with E-state index in [-0.39, 0.29) is 17.2 Å². The monoisotopic (exact) mass is 351 g/mol. The highest BCUT2D eigenvalue weighted by atomic mass is 19.3. The van der Waals surface area contributed by atoms with E-state index in [0.29, 0.717) is 11.1 Å². The molecule has 0 unspecified atom stereocenters. The molecule has 0 saturated heterocycles. The van der Waals surface area contributed by atoms with Gasteiger partial charge in [-0.1, -0.05) is 0 Å². The van der Waals surface area contributed by atoms with Gasteiger partial charge in [-0.2, -0.15) is 13.9 Å². The quantitative estimate of drug-likeness (QED) is 0.612. The molecule has 9 heteroatoms. The molecule has 0 bridgehead atoms. The van der Waals surface area contributed by atoms with Crippen LogP contribution in [0.25, 0.3) is 0 Å². The van der Waals surface area contributed by atoms with Gasteiger partial charge in [-0.15, -0.1) is 0 Å². The highest BCUT2D eigenvalue weighted by molar-refractivity contribution is 5.94. The lowest BCUT2D eigenvalue weighted by molar-refractivity contribution is -0.0526. The Bertz CT molecular complexity index is 729. The van der Waals surface area contributed by atoms with Crippen molar-refractivity contribution in [1.82, 2.24) is 10.4 Å². The first-order chi connectivity index (χ1) is 12.0. The van der Waals surface area contributed by atoms with Crippen molar-refractivity contribution < 1.29 is 27.8 Å². The predicted molar refractivity (Wildman–Crippen MR) is 85.5 cm³/mol. The zero-order valence-electron chi connectivity index (χ0n) is 13.4. The van der Waals surface area contributed by atoms with Crippen LogP contribution in [0.1, 0.15) is 15.9 Å². The summed E-state index contributed by atoms with van der Waals surface area (Å²) in [5.41, 5.74) is 3.18. The number of nitrogens with one attached hydrogen (secondary N) is 1. The Labute approximate surface area is 142 Å². The first kappa shape index (κ1) is 18.1. The first-order valence-electron chi connectivity index (χ1n) is 6.99. The van der Waals surface area contributed by atoms with Gasteiger partial charge in [0.25, 0.3) is 5.91 Å². The first-order valence-corrected chi connectivity index (χ1v) is 6.99. The number of alkyl halides is 2. The number of rotatable bonds is 7. The van der Waals surface area contributed by atoms with E-state index in [4.69, 9.17) is 9.47 Å². The SMILES string of the molecule is COc1cc(/C=N\NC(=O)c2ccncc2)cc(OC)c1OC(F)F. The lowest BCUT2D eigenvalue weighted by Gasteiger charge is -2.14. The van der Waals surface area contributed by atoms with Crippen molar-refractivity contribution in [3.63, 3.8) is 0 Å². The summed E-state index contributed by atoms with van der Waals surface area (Å²) in [5, 5.41) is 3.81. The van der Waals surface area contributed by atoms with Gasteiger partial charge in [-0.3, -0.25) is 9.78 Å². The van der Waals surface area contributed by atoms with Gasteiger partial charge in [-0.05, 0) is 24.3 Å². The number of ether oxygens (including phenoxy) is 3. The van der Waals surface area contributed by atoms with Crippen molar-refractivity contribution in [1.29, 1.82) is 0 Å². The molecular weight excluding hydrogens is 336 g/mol. The molecule has 0 saturated carbocycles. The van der Waals surface area contributed by atoms with Gasteiger partial charge in [0.2, 0.25) is 5.75 Å². The number of carbonyl (C=O) groups is 1. The van der Waals surface area contributed by atoms with Gasteiger partial charge < -0.3 is 14.2 Å². The van der Waals surface area contributed by atoms with Crippen LogP contribution < -0.4 is 19.6 Å². The normalized spacial score (nSPS) is 10.8. The van der Waals surface area contributed by atoms with E-state index in [1.165, 1.54) is 57.1 Å². The molecule has 1 heterocycles. The average molecular weight is 351 g/mol. The lowest BCUT2D eigenvalue weighted by Crippen LogP contribution is -2.17. The van der Waals surface area contributed by atoms with Gasteiger partial charge in [0.1, 0.15) is 0 Å². The van der Waals surface area contributed by atoms with Gasteiger partial charge in [0.05, 0.1) is 20.4 Å². The molecule has 2 rings (SSSR count). The smallest absolute Gasteiger partial charge is 0.387 e. The molecule has 1 aromatic heterocycles. The van der Waals surface area contributed by atoms with Crippen molar-refractivity contribution in [2.24, 2.45) is 5.10 Å². The van der Waals surface area contributed by atoms with Crippen molar-refractivity contribution in [2.75, 3.05) is 14.2 Å². The third-order valence-electron chi connectivity index (χ3n) is 3.01. The Balaban J connectivity index is 2.17. The van der Waals surface area contributed by atoms with Crippen molar-refractivity contribution in [3.05, 3.63) is 47.8 Å². The Morgan fingerprint density at radius 3 is 2.32 bits per heavy atom. The summed E-state index contributed by atoms with van der Waals surface area (Å²) in [6.45, 7) is -3.03. The van der Waals surface area contributed by atoms with Crippen LogP contribution in [0.2, 0.25) is 0 Å². The second kappa shape index (κ2) is 8.57. The molecule has 7 nitrogen and oxygen atoms in total. The number of aromatic nitrogens is 1. The number of hydrogen-bond donors (Lipinski definition) is 1. The van der Waals surface area contributed by atoms with Crippen molar-refractivity contribution >= 4 is 12.1 Å². The maximum absolute atomic E-state index is 12.5. The summed E-state index contributed by atoms with van der Waals surface area (Å²) in [5.74, 6) is -0.559. The molecule has 0 aliphatic carbocycles. The van der Waals surface area contributed by atoms with E-state index in [9.17, 15) is 13.6 Å². The van der Waals surface area contributed by atoms with E-state index in [1.54, 1.807) is 0 Å². The Morgan fingerprint density at radius 2 is 1.80 bits per heavy atom. The van der Waals surface area contributed by atoms with Crippen LogP contribution in [-0.2, 0) is 0 Å². The number of carbonyl (C=O) groups excluding carboxylic acids is 1. The van der Waals surface area contributed by atoms with Crippen LogP contribution >= 0.6 is 0 Å². The number of hydrogen-bond acceptors (Lipinski definition) is 6. The molecule has 25 heavy (non-hydrogen) atoms. The number of pyridine rings is 1. The molecule has 132 valence electrons. The molecule has 0 radical (unpaired) electrons. The zero-order chi connectivity index (χ0) is 18.2. The number of nitrogens with zero attached hydrogens (tertiary/aromatic N) is 2. The van der Waals surface area contributed by atoms with Crippen LogP contribution in [0.15, 0.2) is 41.8 Å². The molecule has 0 fully saturated rings. The van der Waals surface area contributed by atoms with Gasteiger partial charge in [0, 0.05) is 23.5 Å². The Morgan fingerprint density at radius 1 is 1.20 bits per heavy atom. The van der Waals surface area contributed by atoms with Crippen LogP contribution in [0, 0.1) is 0 Å². The third-order valence-corrected chi connectivity index (χ3v) is 3.01. The second-order valence-electron chi connectivity index (χ2n) is 4.57. The van der Waals surface area contributed by atoms with Gasteiger partial charge in [0.15, 0.2) is 11.5 Å². The van der Waals surface area contributed by atoms with Crippen LogP contribution in [0.4, 0.5) is 8.78 Å². The summed E-state index contributed by atoms with van der Waals surface area (Å²) in [6.07, 6.45) is 4.28. The number of benzene rings is 1. The number of amides is 1. The molecule has 0 aliphatic heterocycles. The Kier molecular flexibility index (Phi) is 6.21. The molecular formula is C16H15F2N3O4. The van der Waals surface area contributed by atoms with E-state index < -0.39 is 12.5 Å². The van der Waals surface area contributed by atoms with Gasteiger partial charge in [-0.25, -0.2) is 5.43 Å². The topological polar surface area (TPSA) is 82.0 Å². The fraction of sp³-hybridized carbons (Fsp3) is 0.188. The minimum absolute atomic E-state index is 0.0431. The predicted octanol–water partition coefficient (Wildman–Crippen LogP) is 2.46. The van der Waals surface area contributed by atoms with E-state index in [1.807, 2.05) is 0 Å². The molecule has 1 amide bonds. The number of halogens is 2. The maximum Gasteiger partial charge on any atom is 0.387 e. The fourth-order valence-electron chi connectivity index (χ4n) is 1.91. The molecule has 0 aliphatic rings. The zero-order valence-corrected chi connectivity index (χ0v) is 13.4. The highest BCUT2D eigenvalue weighted by Gasteiger charge is 2.17. The standard InChI is InChI=1S/C16H15F2N3O4/c1-23-12-7-10(8-13(24-2)14(12)25-16(17)18)9-20-21-15(22)11-3-5-19-6-4-11/h3-9,16H,1-2H3,(H,21,22)/b20-9-. The average Bonchev–Trinajstić information content (AvgIpc) is 2.62. The summed E-state index contributed by atoms with van der Waals surface area (Å²) in [4.78, 5) is 15.7. The number of hydrazone groups is 1. The maximum atomic E-state index is 12.5. The second-order valence-corrected chi connectivity index (χ2v) is 4.57. The van der Waals surface area contributed by atoms with Crippen LogP contribution in [0.5, 0.6) is 17.2 Å². The molecule has 0 spiro atoms. The van der Waals surface area contributed by atoms with E-state index in [2.05, 4.69) is 20.2 Å². The number of methoxy groups -OCH3 is 2. The Hall–Kier alpha value is -3.23. The van der Waals surface area contributed by atoms with E-state index in [0.717, 1.165) is 0 Å². The summed E-state index contributed by atoms with van der Waals surface area (Å²) in [7, 11) is 2.61. The summed E-state index contributed by atoms with van der Waals surface area (Å²) < 4.78 is 39.5. The molecule has 1 N–H and O–H groups in total. The molecule has 0 atom stereocenters. The molecule has 2 aromatic rings. The van der Waals surface area contributed by atoms with Crippen molar-refractivity contribution in [3.8, 4) is 17.2 Å². The lowest BCUT2D eigenvalue weighted by atomic mass is 10.2. The van der Waals surface area contributed by atoms with Crippen LogP contribution in [-0.4, -0.2) is 37.9 Å². The minimum Gasteiger partial charge on any atom is -0.493 e. The largest absolute Gasteiger partial charge is 0.493 e. The van der Waals surface area contributed by atoms with Gasteiger partial charge >= 0.3 is 6.61 Å². The van der Waals surface area contributed by atoms with Crippen molar-refractivity contribution in [2.45, 2.75) is 6.61 Å². The fourth-order valence-corrected chi connectivity index (χ4v) is 1.91. The van der Waals surface area contributed by atoms with E-state index >= 15 is 0 Å².